The van der Waals surface area contributed by atoms with Crippen LogP contribution in [0.1, 0.15) is 6.42 Å². The van der Waals surface area contributed by atoms with Gasteiger partial charge in [-0.1, -0.05) is 30.4 Å². The lowest BCUT2D eigenvalue weighted by Gasteiger charge is -2.31. The highest BCUT2D eigenvalue weighted by molar-refractivity contribution is 5.29. The van der Waals surface area contributed by atoms with E-state index in [1.54, 1.807) is 0 Å². The van der Waals surface area contributed by atoms with Gasteiger partial charge < -0.3 is 9.64 Å². The third-order valence-electron chi connectivity index (χ3n) is 2.84. The topological polar surface area (TPSA) is 12.5 Å². The Morgan fingerprint density at radius 1 is 1.33 bits per heavy atom. The third kappa shape index (κ3) is 2.80. The summed E-state index contributed by atoms with van der Waals surface area (Å²) in [6, 6.07) is 0. The largest absolute Gasteiger partial charge is 0.369 e. The molecular weight excluding hydrogens is 186 g/mol. The first kappa shape index (κ1) is 10.7. The highest BCUT2D eigenvalue weighted by Crippen LogP contribution is 2.26. The molecule has 1 aliphatic carbocycles. The molecule has 15 heavy (non-hydrogen) atoms. The van der Waals surface area contributed by atoms with Crippen molar-refractivity contribution in [1.29, 1.82) is 0 Å². The third-order valence-corrected chi connectivity index (χ3v) is 2.84. The SMILES string of the molecule is CN(C)C[C@@H]1COC2C=CC=CC=C2C1. The predicted molar refractivity (Wildman–Crippen MR) is 62.8 cm³/mol. The lowest BCUT2D eigenvalue weighted by Crippen LogP contribution is -2.33. The van der Waals surface area contributed by atoms with Gasteiger partial charge in [0, 0.05) is 6.54 Å². The lowest BCUT2D eigenvalue weighted by molar-refractivity contribution is 0.0382. The second-order valence-electron chi connectivity index (χ2n) is 4.60. The molecule has 1 heterocycles. The van der Waals surface area contributed by atoms with Gasteiger partial charge in [0.15, 0.2) is 0 Å². The lowest BCUT2D eigenvalue weighted by atomic mass is 9.92. The second-order valence-corrected chi connectivity index (χ2v) is 4.60. The van der Waals surface area contributed by atoms with Crippen LogP contribution in [0.5, 0.6) is 0 Å². The molecule has 0 aromatic heterocycles. The highest BCUT2D eigenvalue weighted by atomic mass is 16.5. The van der Waals surface area contributed by atoms with Crippen LogP contribution >= 0.6 is 0 Å². The van der Waals surface area contributed by atoms with E-state index >= 15 is 0 Å². The molecule has 1 unspecified atom stereocenters. The number of allylic oxidation sites excluding steroid dienone is 4. The molecule has 0 amide bonds. The van der Waals surface area contributed by atoms with Crippen molar-refractivity contribution in [2.75, 3.05) is 27.2 Å². The maximum atomic E-state index is 5.85. The van der Waals surface area contributed by atoms with Gasteiger partial charge in [0.05, 0.1) is 12.7 Å². The minimum Gasteiger partial charge on any atom is -0.369 e. The normalized spacial score (nSPS) is 29.9. The number of hydrogen-bond donors (Lipinski definition) is 0. The Hall–Kier alpha value is -0.860. The molecule has 82 valence electrons. The quantitative estimate of drug-likeness (QED) is 0.683. The first-order valence-corrected chi connectivity index (χ1v) is 5.56. The molecule has 0 bridgehead atoms. The molecule has 1 saturated heterocycles. The number of fused-ring (bicyclic) bond motifs is 1. The number of hydrogen-bond acceptors (Lipinski definition) is 2. The highest BCUT2D eigenvalue weighted by Gasteiger charge is 2.24. The van der Waals surface area contributed by atoms with Crippen molar-refractivity contribution in [1.82, 2.24) is 4.90 Å². The maximum absolute atomic E-state index is 5.85. The summed E-state index contributed by atoms with van der Waals surface area (Å²) in [4.78, 5) is 2.23. The van der Waals surface area contributed by atoms with Crippen LogP contribution in [-0.2, 0) is 4.74 Å². The zero-order valence-electron chi connectivity index (χ0n) is 9.52. The van der Waals surface area contributed by atoms with Gasteiger partial charge in [0.2, 0.25) is 0 Å². The van der Waals surface area contributed by atoms with E-state index in [1.165, 1.54) is 5.57 Å². The fourth-order valence-electron chi connectivity index (χ4n) is 2.24. The van der Waals surface area contributed by atoms with E-state index in [0.29, 0.717) is 5.92 Å². The van der Waals surface area contributed by atoms with Gasteiger partial charge in [-0.25, -0.2) is 0 Å². The monoisotopic (exact) mass is 205 g/mol. The molecule has 0 aromatic rings. The van der Waals surface area contributed by atoms with Gasteiger partial charge in [-0.15, -0.1) is 0 Å². The summed E-state index contributed by atoms with van der Waals surface area (Å²) >= 11 is 0. The molecule has 2 heteroatoms. The van der Waals surface area contributed by atoms with Crippen molar-refractivity contribution in [3.05, 3.63) is 36.0 Å². The van der Waals surface area contributed by atoms with Gasteiger partial charge in [-0.2, -0.15) is 0 Å². The van der Waals surface area contributed by atoms with E-state index in [1.807, 2.05) is 0 Å². The van der Waals surface area contributed by atoms with E-state index in [0.717, 1.165) is 19.6 Å². The van der Waals surface area contributed by atoms with E-state index in [-0.39, 0.29) is 6.10 Å². The molecule has 0 saturated carbocycles. The summed E-state index contributed by atoms with van der Waals surface area (Å²) < 4.78 is 5.85. The Bertz CT molecular complexity index is 302. The van der Waals surface area contributed by atoms with Gasteiger partial charge in [-0.05, 0) is 32.0 Å². The minimum atomic E-state index is 0.221. The van der Waals surface area contributed by atoms with Crippen molar-refractivity contribution in [2.45, 2.75) is 12.5 Å². The molecule has 0 N–H and O–H groups in total. The van der Waals surface area contributed by atoms with Crippen molar-refractivity contribution < 1.29 is 4.74 Å². The van der Waals surface area contributed by atoms with Crippen LogP contribution < -0.4 is 0 Å². The van der Waals surface area contributed by atoms with Gasteiger partial charge in [-0.3, -0.25) is 0 Å². The maximum Gasteiger partial charge on any atom is 0.0973 e. The fourth-order valence-corrected chi connectivity index (χ4v) is 2.24. The Balaban J connectivity index is 2.01. The van der Waals surface area contributed by atoms with Gasteiger partial charge in [0.25, 0.3) is 0 Å². The first-order chi connectivity index (χ1) is 7.25. The molecule has 2 nitrogen and oxygen atoms in total. The van der Waals surface area contributed by atoms with E-state index in [4.69, 9.17) is 4.74 Å². The molecular formula is C13H19NO. The minimum absolute atomic E-state index is 0.221. The summed E-state index contributed by atoms with van der Waals surface area (Å²) in [5, 5.41) is 0. The Morgan fingerprint density at radius 2 is 2.20 bits per heavy atom. The number of ether oxygens (including phenoxy) is 1. The number of nitrogens with zero attached hydrogens (tertiary/aromatic N) is 1. The van der Waals surface area contributed by atoms with Crippen LogP contribution in [0, 0.1) is 5.92 Å². The summed E-state index contributed by atoms with van der Waals surface area (Å²) in [5.41, 5.74) is 1.41. The van der Waals surface area contributed by atoms with E-state index < -0.39 is 0 Å². The molecule has 0 radical (unpaired) electrons. The zero-order valence-corrected chi connectivity index (χ0v) is 9.52. The summed E-state index contributed by atoms with van der Waals surface area (Å²) in [7, 11) is 4.24. The van der Waals surface area contributed by atoms with Crippen LogP contribution in [0.25, 0.3) is 0 Å². The van der Waals surface area contributed by atoms with Crippen molar-refractivity contribution in [2.24, 2.45) is 5.92 Å². The van der Waals surface area contributed by atoms with Crippen molar-refractivity contribution >= 4 is 0 Å². The molecule has 2 rings (SSSR count). The molecule has 2 atom stereocenters. The van der Waals surface area contributed by atoms with E-state index in [9.17, 15) is 0 Å². The smallest absolute Gasteiger partial charge is 0.0973 e. The van der Waals surface area contributed by atoms with Crippen LogP contribution in [-0.4, -0.2) is 38.3 Å². The van der Waals surface area contributed by atoms with Crippen molar-refractivity contribution in [3.63, 3.8) is 0 Å². The van der Waals surface area contributed by atoms with E-state index in [2.05, 4.69) is 49.4 Å². The first-order valence-electron chi connectivity index (χ1n) is 5.56. The predicted octanol–water partition coefficient (Wildman–Crippen LogP) is 2.01. The van der Waals surface area contributed by atoms with Crippen molar-refractivity contribution in [3.8, 4) is 0 Å². The molecule has 0 aromatic carbocycles. The summed E-state index contributed by atoms with van der Waals surface area (Å²) in [6.07, 6.45) is 12.0. The second kappa shape index (κ2) is 4.77. The molecule has 1 fully saturated rings. The fraction of sp³-hybridized carbons (Fsp3) is 0.538. The average molecular weight is 205 g/mol. The molecule has 2 aliphatic rings. The summed E-state index contributed by atoms with van der Waals surface area (Å²) in [6.45, 7) is 1.99. The summed E-state index contributed by atoms with van der Waals surface area (Å²) in [5.74, 6) is 0.641. The standard InChI is InChI=1S/C13H19NO/c1-14(2)9-11-8-12-6-4-3-5-7-13(12)15-10-11/h3-7,11,13H,8-10H2,1-2H3/t11-,13?/m1/s1. The Morgan fingerprint density at radius 3 is 3.00 bits per heavy atom. The molecule has 0 spiro atoms. The van der Waals surface area contributed by atoms with Gasteiger partial charge >= 0.3 is 0 Å². The van der Waals surface area contributed by atoms with Gasteiger partial charge in [0.1, 0.15) is 0 Å². The molecule has 1 aliphatic heterocycles. The van der Waals surface area contributed by atoms with Crippen LogP contribution in [0.2, 0.25) is 0 Å². The Labute approximate surface area is 91.9 Å². The van der Waals surface area contributed by atoms with Crippen LogP contribution in [0.15, 0.2) is 36.0 Å². The Kier molecular flexibility index (Phi) is 3.39. The number of rotatable bonds is 2. The van der Waals surface area contributed by atoms with Crippen LogP contribution in [0.3, 0.4) is 0 Å². The zero-order chi connectivity index (χ0) is 10.7. The van der Waals surface area contributed by atoms with Crippen LogP contribution in [0.4, 0.5) is 0 Å². The average Bonchev–Trinajstić information content (AvgIpc) is 2.41.